The molecule has 5 heteroatoms. The summed E-state index contributed by atoms with van der Waals surface area (Å²) in [4.78, 5) is 4.70. The Morgan fingerprint density at radius 3 is 3.10 bits per heavy atom. The zero-order valence-corrected chi connectivity index (χ0v) is 13.0. The van der Waals surface area contributed by atoms with Crippen molar-refractivity contribution < 1.29 is 4.39 Å². The minimum atomic E-state index is -0.207. The number of likely N-dealkylation sites (N-methyl/N-ethyl adjacent to an activating group) is 1. The normalized spacial score (nSPS) is 13.8. The van der Waals surface area contributed by atoms with E-state index in [2.05, 4.69) is 25.8 Å². The van der Waals surface area contributed by atoms with Crippen molar-refractivity contribution in [3.63, 3.8) is 0 Å². The molecule has 0 atom stereocenters. The monoisotopic (exact) mass is 337 g/mol. The third-order valence-electron chi connectivity index (χ3n) is 3.73. The van der Waals surface area contributed by atoms with Crippen molar-refractivity contribution in [1.82, 2.24) is 14.9 Å². The van der Waals surface area contributed by atoms with Gasteiger partial charge in [0.15, 0.2) is 0 Å². The number of benzene rings is 1. The van der Waals surface area contributed by atoms with Crippen LogP contribution in [0, 0.1) is 5.82 Å². The first kappa shape index (κ1) is 13.8. The number of fused-ring (bicyclic) bond motifs is 1. The van der Waals surface area contributed by atoms with E-state index in [0.29, 0.717) is 5.56 Å². The molecule has 0 spiro atoms. The topological polar surface area (TPSA) is 29.9 Å². The molecule has 106 valence electrons. The SMILES string of the molecule is CNCCc1nc(-c2cc(Br)ccc2F)c2n1CCC2. The number of rotatable bonds is 4. The Morgan fingerprint density at radius 2 is 2.30 bits per heavy atom. The molecule has 0 bridgehead atoms. The van der Waals surface area contributed by atoms with Crippen LogP contribution in [0.2, 0.25) is 0 Å². The van der Waals surface area contributed by atoms with Gasteiger partial charge >= 0.3 is 0 Å². The maximum atomic E-state index is 14.1. The lowest BCUT2D eigenvalue weighted by Crippen LogP contribution is -2.13. The number of aromatic nitrogens is 2. The Hall–Kier alpha value is -1.20. The maximum absolute atomic E-state index is 14.1. The van der Waals surface area contributed by atoms with Gasteiger partial charge < -0.3 is 9.88 Å². The molecule has 0 fully saturated rings. The molecule has 1 aliphatic heterocycles. The average molecular weight is 338 g/mol. The summed E-state index contributed by atoms with van der Waals surface area (Å²) in [6.07, 6.45) is 2.97. The molecule has 0 saturated heterocycles. The van der Waals surface area contributed by atoms with E-state index in [1.165, 1.54) is 11.8 Å². The second-order valence-corrected chi connectivity index (χ2v) is 5.97. The Labute approximate surface area is 126 Å². The highest BCUT2D eigenvalue weighted by molar-refractivity contribution is 9.10. The number of hydrogen-bond acceptors (Lipinski definition) is 2. The Bertz CT molecular complexity index is 636. The van der Waals surface area contributed by atoms with Gasteiger partial charge in [0, 0.05) is 35.2 Å². The molecule has 0 saturated carbocycles. The van der Waals surface area contributed by atoms with E-state index in [0.717, 1.165) is 48.3 Å². The van der Waals surface area contributed by atoms with Gasteiger partial charge in [0.1, 0.15) is 11.6 Å². The fourth-order valence-corrected chi connectivity index (χ4v) is 3.14. The summed E-state index contributed by atoms with van der Waals surface area (Å²) in [5.74, 6) is 0.849. The van der Waals surface area contributed by atoms with E-state index in [1.807, 2.05) is 13.1 Å². The van der Waals surface area contributed by atoms with Crippen molar-refractivity contribution in [2.75, 3.05) is 13.6 Å². The van der Waals surface area contributed by atoms with Gasteiger partial charge in [-0.05, 0) is 38.1 Å². The molecule has 20 heavy (non-hydrogen) atoms. The number of nitrogens with one attached hydrogen (secondary N) is 1. The molecular weight excluding hydrogens is 321 g/mol. The van der Waals surface area contributed by atoms with Gasteiger partial charge in [-0.25, -0.2) is 9.37 Å². The molecule has 1 N–H and O–H groups in total. The van der Waals surface area contributed by atoms with E-state index < -0.39 is 0 Å². The lowest BCUT2D eigenvalue weighted by Gasteiger charge is -2.03. The van der Waals surface area contributed by atoms with Crippen molar-refractivity contribution in [2.24, 2.45) is 0 Å². The van der Waals surface area contributed by atoms with Crippen LogP contribution in [0.5, 0.6) is 0 Å². The summed E-state index contributed by atoms with van der Waals surface area (Å²) in [5.41, 5.74) is 2.58. The van der Waals surface area contributed by atoms with Crippen LogP contribution in [0.3, 0.4) is 0 Å². The minimum absolute atomic E-state index is 0.207. The summed E-state index contributed by atoms with van der Waals surface area (Å²) in [6.45, 7) is 1.88. The molecule has 0 aliphatic carbocycles. The summed E-state index contributed by atoms with van der Waals surface area (Å²) < 4.78 is 17.2. The van der Waals surface area contributed by atoms with Gasteiger partial charge in [-0.3, -0.25) is 0 Å². The van der Waals surface area contributed by atoms with Crippen LogP contribution in [-0.2, 0) is 19.4 Å². The fourth-order valence-electron chi connectivity index (χ4n) is 2.78. The van der Waals surface area contributed by atoms with Crippen LogP contribution in [0.25, 0.3) is 11.3 Å². The zero-order valence-electron chi connectivity index (χ0n) is 11.4. The second kappa shape index (κ2) is 5.66. The molecule has 1 aromatic carbocycles. The number of nitrogens with zero attached hydrogens (tertiary/aromatic N) is 2. The first-order chi connectivity index (χ1) is 9.70. The highest BCUT2D eigenvalue weighted by Crippen LogP contribution is 2.32. The molecule has 3 nitrogen and oxygen atoms in total. The Balaban J connectivity index is 2.07. The van der Waals surface area contributed by atoms with E-state index in [9.17, 15) is 4.39 Å². The number of hydrogen-bond donors (Lipinski definition) is 1. The average Bonchev–Trinajstić information content (AvgIpc) is 3.02. The zero-order chi connectivity index (χ0) is 14.1. The van der Waals surface area contributed by atoms with Crippen LogP contribution in [0.15, 0.2) is 22.7 Å². The van der Waals surface area contributed by atoms with E-state index in [-0.39, 0.29) is 5.82 Å². The summed E-state index contributed by atoms with van der Waals surface area (Å²) in [7, 11) is 1.93. The molecule has 1 aliphatic rings. The van der Waals surface area contributed by atoms with Crippen LogP contribution < -0.4 is 5.32 Å². The largest absolute Gasteiger partial charge is 0.331 e. The Kier molecular flexibility index (Phi) is 3.89. The highest BCUT2D eigenvalue weighted by Gasteiger charge is 2.23. The summed E-state index contributed by atoms with van der Waals surface area (Å²) in [6, 6.07) is 5.03. The Morgan fingerprint density at radius 1 is 1.45 bits per heavy atom. The molecule has 2 heterocycles. The molecule has 0 unspecified atom stereocenters. The van der Waals surface area contributed by atoms with E-state index in [1.54, 1.807) is 6.07 Å². The molecule has 2 aromatic rings. The standard InChI is InChI=1S/C15H17BrFN3/c1-18-7-6-14-19-15(13-3-2-8-20(13)14)11-9-10(16)4-5-12(11)17/h4-5,9,18H,2-3,6-8H2,1H3. The van der Waals surface area contributed by atoms with Crippen molar-refractivity contribution in [3.8, 4) is 11.3 Å². The van der Waals surface area contributed by atoms with Gasteiger partial charge in [-0.2, -0.15) is 0 Å². The lowest BCUT2D eigenvalue weighted by molar-refractivity contribution is 0.630. The van der Waals surface area contributed by atoms with E-state index >= 15 is 0 Å². The number of imidazole rings is 1. The van der Waals surface area contributed by atoms with Gasteiger partial charge in [0.05, 0.1) is 5.69 Å². The minimum Gasteiger partial charge on any atom is -0.331 e. The highest BCUT2D eigenvalue weighted by atomic mass is 79.9. The van der Waals surface area contributed by atoms with Crippen LogP contribution in [-0.4, -0.2) is 23.1 Å². The van der Waals surface area contributed by atoms with E-state index in [4.69, 9.17) is 4.98 Å². The summed E-state index contributed by atoms with van der Waals surface area (Å²) >= 11 is 3.41. The van der Waals surface area contributed by atoms with Gasteiger partial charge in [0.25, 0.3) is 0 Å². The maximum Gasteiger partial charge on any atom is 0.132 e. The first-order valence-corrected chi connectivity index (χ1v) is 7.68. The van der Waals surface area contributed by atoms with Gasteiger partial charge in [0.2, 0.25) is 0 Å². The quantitative estimate of drug-likeness (QED) is 0.928. The van der Waals surface area contributed by atoms with Crippen molar-refractivity contribution >= 4 is 15.9 Å². The second-order valence-electron chi connectivity index (χ2n) is 5.06. The predicted molar refractivity (Wildman–Crippen MR) is 81.3 cm³/mol. The van der Waals surface area contributed by atoms with Crippen LogP contribution >= 0.6 is 15.9 Å². The summed E-state index contributed by atoms with van der Waals surface area (Å²) in [5, 5.41) is 3.14. The van der Waals surface area contributed by atoms with Crippen molar-refractivity contribution in [3.05, 3.63) is 40.0 Å². The molecule has 0 radical (unpaired) electrons. The smallest absolute Gasteiger partial charge is 0.132 e. The van der Waals surface area contributed by atoms with Gasteiger partial charge in [-0.1, -0.05) is 15.9 Å². The third kappa shape index (κ3) is 2.40. The van der Waals surface area contributed by atoms with Crippen LogP contribution in [0.1, 0.15) is 17.9 Å². The predicted octanol–water partition coefficient (Wildman–Crippen LogP) is 3.16. The van der Waals surface area contributed by atoms with Gasteiger partial charge in [-0.15, -0.1) is 0 Å². The third-order valence-corrected chi connectivity index (χ3v) is 4.22. The molecule has 3 rings (SSSR count). The lowest BCUT2D eigenvalue weighted by atomic mass is 10.1. The molecule has 0 amide bonds. The van der Waals surface area contributed by atoms with Crippen molar-refractivity contribution in [1.29, 1.82) is 0 Å². The van der Waals surface area contributed by atoms with Crippen molar-refractivity contribution in [2.45, 2.75) is 25.8 Å². The first-order valence-electron chi connectivity index (χ1n) is 6.89. The van der Waals surface area contributed by atoms with Crippen LogP contribution in [0.4, 0.5) is 4.39 Å². The fraction of sp³-hybridized carbons (Fsp3) is 0.400. The molecular formula is C15H17BrFN3. The molecule has 1 aromatic heterocycles. The number of halogens is 2.